The lowest BCUT2D eigenvalue weighted by Gasteiger charge is -2.31. The van der Waals surface area contributed by atoms with E-state index in [2.05, 4.69) is 36.1 Å². The molecule has 0 atom stereocenters. The summed E-state index contributed by atoms with van der Waals surface area (Å²) in [7, 11) is 0. The molecule has 1 fully saturated rings. The van der Waals surface area contributed by atoms with Crippen LogP contribution in [0.15, 0.2) is 24.3 Å². The van der Waals surface area contributed by atoms with E-state index in [1.165, 1.54) is 44.3 Å². The summed E-state index contributed by atoms with van der Waals surface area (Å²) < 4.78 is 5.75. The zero-order valence-electron chi connectivity index (χ0n) is 13.4. The van der Waals surface area contributed by atoms with Crippen molar-refractivity contribution in [3.63, 3.8) is 0 Å². The van der Waals surface area contributed by atoms with Gasteiger partial charge in [0.2, 0.25) is 0 Å². The Morgan fingerprint density at radius 1 is 1.14 bits per heavy atom. The van der Waals surface area contributed by atoms with Gasteiger partial charge in [0.1, 0.15) is 5.75 Å². The summed E-state index contributed by atoms with van der Waals surface area (Å²) in [6, 6.07) is 8.61. The molecule has 3 heteroatoms. The second kappa shape index (κ2) is 9.06. The van der Waals surface area contributed by atoms with Crippen LogP contribution in [-0.4, -0.2) is 31.1 Å². The van der Waals surface area contributed by atoms with Gasteiger partial charge in [-0.3, -0.25) is 4.90 Å². The molecule has 1 heterocycles. The summed E-state index contributed by atoms with van der Waals surface area (Å²) in [5.41, 5.74) is 7.12. The zero-order valence-corrected chi connectivity index (χ0v) is 13.4. The number of ether oxygens (including phenoxy) is 1. The molecule has 0 amide bonds. The molecule has 1 aliphatic rings. The number of hydrogen-bond donors (Lipinski definition) is 1. The predicted molar refractivity (Wildman–Crippen MR) is 88.5 cm³/mol. The summed E-state index contributed by atoms with van der Waals surface area (Å²) in [6.07, 6.45) is 6.12. The molecular weight excluding hydrogens is 260 g/mol. The third kappa shape index (κ3) is 5.68. The van der Waals surface area contributed by atoms with Gasteiger partial charge in [0, 0.05) is 6.54 Å². The molecule has 1 aromatic rings. The predicted octanol–water partition coefficient (Wildman–Crippen LogP) is 3.43. The van der Waals surface area contributed by atoms with Crippen molar-refractivity contribution in [3.8, 4) is 5.75 Å². The lowest BCUT2D eigenvalue weighted by Crippen LogP contribution is -2.35. The number of hydrogen-bond acceptors (Lipinski definition) is 3. The lowest BCUT2D eigenvalue weighted by molar-refractivity contribution is 0.180. The summed E-state index contributed by atoms with van der Waals surface area (Å²) in [6.45, 7) is 7.30. The third-order valence-electron chi connectivity index (χ3n) is 4.39. The molecule has 2 rings (SSSR count). The minimum absolute atomic E-state index is 0.736. The molecule has 0 saturated carbocycles. The van der Waals surface area contributed by atoms with E-state index in [0.717, 1.165) is 37.8 Å². The normalized spacial score (nSPS) is 17.0. The monoisotopic (exact) mass is 290 g/mol. The second-order valence-corrected chi connectivity index (χ2v) is 6.15. The Bertz CT molecular complexity index is 383. The second-order valence-electron chi connectivity index (χ2n) is 6.15. The number of nitrogens with zero attached hydrogens (tertiary/aromatic N) is 1. The molecule has 0 aromatic heterocycles. The fourth-order valence-corrected chi connectivity index (χ4v) is 2.87. The SMILES string of the molecule is CCCCCOc1ccc(CN2CCC(CN)CC2)cc1. The molecule has 21 heavy (non-hydrogen) atoms. The van der Waals surface area contributed by atoms with Crippen molar-refractivity contribution >= 4 is 0 Å². The van der Waals surface area contributed by atoms with Gasteiger partial charge >= 0.3 is 0 Å². The fraction of sp³-hybridized carbons (Fsp3) is 0.667. The summed E-state index contributed by atoms with van der Waals surface area (Å²) in [5, 5.41) is 0. The van der Waals surface area contributed by atoms with Crippen LogP contribution in [0.1, 0.15) is 44.6 Å². The molecule has 0 bridgehead atoms. The van der Waals surface area contributed by atoms with Crippen LogP contribution in [-0.2, 0) is 6.54 Å². The van der Waals surface area contributed by atoms with Gasteiger partial charge in [-0.1, -0.05) is 31.9 Å². The maximum Gasteiger partial charge on any atom is 0.119 e. The highest BCUT2D eigenvalue weighted by atomic mass is 16.5. The zero-order chi connectivity index (χ0) is 14.9. The van der Waals surface area contributed by atoms with Gasteiger partial charge in [0.05, 0.1) is 6.61 Å². The average Bonchev–Trinajstić information content (AvgIpc) is 2.54. The van der Waals surface area contributed by atoms with Gasteiger partial charge in [-0.25, -0.2) is 0 Å². The quantitative estimate of drug-likeness (QED) is 0.746. The standard InChI is InChI=1S/C18H30N2O/c1-2-3-4-13-21-18-7-5-17(6-8-18)15-20-11-9-16(14-19)10-12-20/h5-8,16H,2-4,9-15,19H2,1H3. The number of piperidine rings is 1. The van der Waals surface area contributed by atoms with E-state index in [-0.39, 0.29) is 0 Å². The van der Waals surface area contributed by atoms with Gasteiger partial charge in [0.15, 0.2) is 0 Å². The van der Waals surface area contributed by atoms with Crippen molar-refractivity contribution < 1.29 is 4.74 Å². The number of rotatable bonds is 8. The Hall–Kier alpha value is -1.06. The number of benzene rings is 1. The van der Waals surface area contributed by atoms with Crippen LogP contribution in [0.4, 0.5) is 0 Å². The molecular formula is C18H30N2O. The lowest BCUT2D eigenvalue weighted by atomic mass is 9.97. The topological polar surface area (TPSA) is 38.5 Å². The van der Waals surface area contributed by atoms with E-state index in [1.807, 2.05) is 0 Å². The van der Waals surface area contributed by atoms with Crippen LogP contribution < -0.4 is 10.5 Å². The minimum atomic E-state index is 0.736. The van der Waals surface area contributed by atoms with Crippen molar-refractivity contribution in [1.29, 1.82) is 0 Å². The summed E-state index contributed by atoms with van der Waals surface area (Å²) in [4.78, 5) is 2.53. The van der Waals surface area contributed by atoms with Crippen molar-refractivity contribution in [1.82, 2.24) is 4.90 Å². The van der Waals surface area contributed by atoms with E-state index in [1.54, 1.807) is 0 Å². The molecule has 2 N–H and O–H groups in total. The Labute approximate surface area is 129 Å². The number of likely N-dealkylation sites (tertiary alicyclic amines) is 1. The van der Waals surface area contributed by atoms with Crippen LogP contribution in [0.3, 0.4) is 0 Å². The minimum Gasteiger partial charge on any atom is -0.494 e. The molecule has 0 radical (unpaired) electrons. The Kier molecular flexibility index (Phi) is 7.04. The highest BCUT2D eigenvalue weighted by Gasteiger charge is 2.17. The van der Waals surface area contributed by atoms with Crippen molar-refractivity contribution in [2.75, 3.05) is 26.2 Å². The summed E-state index contributed by atoms with van der Waals surface area (Å²) in [5.74, 6) is 1.73. The fourth-order valence-electron chi connectivity index (χ4n) is 2.87. The van der Waals surface area contributed by atoms with Crippen LogP contribution in [0.2, 0.25) is 0 Å². The molecule has 0 aliphatic carbocycles. The molecule has 0 unspecified atom stereocenters. The first-order valence-corrected chi connectivity index (χ1v) is 8.46. The van der Waals surface area contributed by atoms with Crippen molar-refractivity contribution in [2.24, 2.45) is 11.7 Å². The Morgan fingerprint density at radius 2 is 1.86 bits per heavy atom. The third-order valence-corrected chi connectivity index (χ3v) is 4.39. The van der Waals surface area contributed by atoms with E-state index < -0.39 is 0 Å². The molecule has 3 nitrogen and oxygen atoms in total. The van der Waals surface area contributed by atoms with Gasteiger partial charge in [-0.15, -0.1) is 0 Å². The first kappa shape index (κ1) is 16.3. The van der Waals surface area contributed by atoms with Crippen LogP contribution >= 0.6 is 0 Å². The van der Waals surface area contributed by atoms with Crippen LogP contribution in [0, 0.1) is 5.92 Å². The molecule has 1 aromatic carbocycles. The van der Waals surface area contributed by atoms with Crippen molar-refractivity contribution in [3.05, 3.63) is 29.8 Å². The van der Waals surface area contributed by atoms with E-state index in [9.17, 15) is 0 Å². The van der Waals surface area contributed by atoms with E-state index in [0.29, 0.717) is 0 Å². The highest BCUT2D eigenvalue weighted by molar-refractivity contribution is 5.27. The first-order chi connectivity index (χ1) is 10.3. The van der Waals surface area contributed by atoms with E-state index >= 15 is 0 Å². The maximum absolute atomic E-state index is 5.75. The smallest absolute Gasteiger partial charge is 0.119 e. The molecule has 118 valence electrons. The van der Waals surface area contributed by atoms with Crippen molar-refractivity contribution in [2.45, 2.75) is 45.6 Å². The van der Waals surface area contributed by atoms with Gasteiger partial charge < -0.3 is 10.5 Å². The van der Waals surface area contributed by atoms with Gasteiger partial charge in [-0.2, -0.15) is 0 Å². The highest BCUT2D eigenvalue weighted by Crippen LogP contribution is 2.19. The van der Waals surface area contributed by atoms with Crippen LogP contribution in [0.5, 0.6) is 5.75 Å². The Morgan fingerprint density at radius 3 is 2.48 bits per heavy atom. The first-order valence-electron chi connectivity index (χ1n) is 8.46. The van der Waals surface area contributed by atoms with E-state index in [4.69, 9.17) is 10.5 Å². The number of unbranched alkanes of at least 4 members (excludes halogenated alkanes) is 2. The number of nitrogens with two attached hydrogens (primary N) is 1. The summed E-state index contributed by atoms with van der Waals surface area (Å²) >= 11 is 0. The largest absolute Gasteiger partial charge is 0.494 e. The maximum atomic E-state index is 5.75. The molecule has 1 saturated heterocycles. The van der Waals surface area contributed by atoms with Gasteiger partial charge in [-0.05, 0) is 62.5 Å². The molecule has 0 spiro atoms. The average molecular weight is 290 g/mol. The van der Waals surface area contributed by atoms with Gasteiger partial charge in [0.25, 0.3) is 0 Å². The molecule has 1 aliphatic heterocycles. The van der Waals surface area contributed by atoms with Crippen LogP contribution in [0.25, 0.3) is 0 Å². The Balaban J connectivity index is 1.72.